The number of hydrogen-bond donors (Lipinski definition) is 3. The fraction of sp³-hybridized carbons (Fsp3) is 0.462. The van der Waals surface area contributed by atoms with E-state index in [0.717, 1.165) is 0 Å². The van der Waals surface area contributed by atoms with Crippen molar-refractivity contribution in [1.82, 2.24) is 5.32 Å². The molecule has 21 heavy (non-hydrogen) atoms. The number of carbonyl (C=O) groups excluding carboxylic acids is 1. The van der Waals surface area contributed by atoms with Gasteiger partial charge in [0.25, 0.3) is 0 Å². The van der Waals surface area contributed by atoms with E-state index in [0.29, 0.717) is 30.8 Å². The Hall–Kier alpha value is -1.48. The van der Waals surface area contributed by atoms with Crippen LogP contribution in [0.5, 0.6) is 0 Å². The quantitative estimate of drug-likeness (QED) is 0.588. The number of rotatable bonds is 8. The molecule has 1 rings (SSSR count). The molecule has 0 aromatic heterocycles. The molecule has 0 saturated carbocycles. The standard InChI is InChI=1S/C13H21N3O4S/c1-3-10-4-5-11(8-12(10)21(14,18)19)16-13(17)9-15-6-7-20-2/h4-5,8,15H,3,6-7,9H2,1-2H3,(H,16,17)(H2,14,18,19). The molecule has 1 aromatic carbocycles. The number of nitrogens with two attached hydrogens (primary N) is 1. The number of benzene rings is 1. The summed E-state index contributed by atoms with van der Waals surface area (Å²) in [5, 5.41) is 10.7. The van der Waals surface area contributed by atoms with E-state index in [1.54, 1.807) is 19.2 Å². The van der Waals surface area contributed by atoms with Gasteiger partial charge in [-0.3, -0.25) is 4.79 Å². The molecule has 0 bridgehead atoms. The van der Waals surface area contributed by atoms with Crippen LogP contribution in [0, 0.1) is 0 Å². The van der Waals surface area contributed by atoms with Crippen LogP contribution in [0.2, 0.25) is 0 Å². The summed E-state index contributed by atoms with van der Waals surface area (Å²) in [5.41, 5.74) is 1.02. The number of methoxy groups -OCH3 is 1. The first-order chi connectivity index (χ1) is 9.88. The van der Waals surface area contributed by atoms with Crippen LogP contribution in [0.25, 0.3) is 0 Å². The maximum atomic E-state index is 11.7. The molecule has 0 aliphatic carbocycles. The molecule has 0 aliphatic rings. The summed E-state index contributed by atoms with van der Waals surface area (Å²) in [4.78, 5) is 11.7. The van der Waals surface area contributed by atoms with Gasteiger partial charge in [-0.1, -0.05) is 13.0 Å². The second-order valence-electron chi connectivity index (χ2n) is 4.44. The summed E-state index contributed by atoms with van der Waals surface area (Å²) in [6.45, 7) is 3.01. The van der Waals surface area contributed by atoms with Crippen LogP contribution in [0.4, 0.5) is 5.69 Å². The van der Waals surface area contributed by atoms with Gasteiger partial charge in [0.05, 0.1) is 18.0 Å². The fourth-order valence-corrected chi connectivity index (χ4v) is 2.64. The van der Waals surface area contributed by atoms with Crippen molar-refractivity contribution in [2.45, 2.75) is 18.2 Å². The highest BCUT2D eigenvalue weighted by atomic mass is 32.2. The Morgan fingerprint density at radius 2 is 2.10 bits per heavy atom. The number of carbonyl (C=O) groups is 1. The Morgan fingerprint density at radius 1 is 1.38 bits per heavy atom. The molecule has 0 fully saturated rings. The van der Waals surface area contributed by atoms with Crippen molar-refractivity contribution in [1.29, 1.82) is 0 Å². The Bertz CT molecular complexity index is 587. The molecule has 0 atom stereocenters. The van der Waals surface area contributed by atoms with Gasteiger partial charge in [0.1, 0.15) is 0 Å². The third kappa shape index (κ3) is 5.80. The molecule has 0 saturated heterocycles. The number of ether oxygens (including phenoxy) is 1. The molecule has 0 heterocycles. The van der Waals surface area contributed by atoms with Crippen LogP contribution < -0.4 is 15.8 Å². The van der Waals surface area contributed by atoms with E-state index in [1.165, 1.54) is 6.07 Å². The maximum absolute atomic E-state index is 11.7. The lowest BCUT2D eigenvalue weighted by atomic mass is 10.1. The second-order valence-corrected chi connectivity index (χ2v) is 5.97. The van der Waals surface area contributed by atoms with E-state index >= 15 is 0 Å². The highest BCUT2D eigenvalue weighted by Crippen LogP contribution is 2.20. The monoisotopic (exact) mass is 315 g/mol. The molecular weight excluding hydrogens is 294 g/mol. The lowest BCUT2D eigenvalue weighted by molar-refractivity contribution is -0.115. The first-order valence-electron chi connectivity index (χ1n) is 6.53. The van der Waals surface area contributed by atoms with E-state index in [-0.39, 0.29) is 17.3 Å². The molecule has 7 nitrogen and oxygen atoms in total. The van der Waals surface area contributed by atoms with Crippen molar-refractivity contribution in [3.8, 4) is 0 Å². The molecule has 1 aromatic rings. The van der Waals surface area contributed by atoms with Crippen molar-refractivity contribution in [3.05, 3.63) is 23.8 Å². The summed E-state index contributed by atoms with van der Waals surface area (Å²) in [6, 6.07) is 4.68. The molecule has 4 N–H and O–H groups in total. The minimum Gasteiger partial charge on any atom is -0.383 e. The van der Waals surface area contributed by atoms with Crippen LogP contribution in [0.3, 0.4) is 0 Å². The van der Waals surface area contributed by atoms with Gasteiger partial charge in [-0.05, 0) is 24.1 Å². The predicted octanol–water partition coefficient (Wildman–Crippen LogP) is 0.0709. The van der Waals surface area contributed by atoms with Gasteiger partial charge >= 0.3 is 0 Å². The van der Waals surface area contributed by atoms with Gasteiger partial charge in [0.15, 0.2) is 0 Å². The Balaban J connectivity index is 2.74. The minimum absolute atomic E-state index is 0.0372. The summed E-state index contributed by atoms with van der Waals surface area (Å²) >= 11 is 0. The molecule has 0 spiro atoms. The molecule has 118 valence electrons. The van der Waals surface area contributed by atoms with Crippen LogP contribution >= 0.6 is 0 Å². The van der Waals surface area contributed by atoms with Gasteiger partial charge in [-0.15, -0.1) is 0 Å². The zero-order chi connectivity index (χ0) is 15.9. The first-order valence-corrected chi connectivity index (χ1v) is 8.08. The minimum atomic E-state index is -3.81. The first kappa shape index (κ1) is 17.6. The lowest BCUT2D eigenvalue weighted by Gasteiger charge is -2.10. The van der Waals surface area contributed by atoms with E-state index < -0.39 is 10.0 Å². The Kier molecular flexibility index (Phi) is 6.76. The van der Waals surface area contributed by atoms with Gasteiger partial charge in [-0.2, -0.15) is 0 Å². The number of aryl methyl sites for hydroxylation is 1. The van der Waals surface area contributed by atoms with Crippen LogP contribution in [0.1, 0.15) is 12.5 Å². The number of sulfonamides is 1. The predicted molar refractivity (Wildman–Crippen MR) is 80.6 cm³/mol. The average Bonchev–Trinajstić information content (AvgIpc) is 2.42. The largest absolute Gasteiger partial charge is 0.383 e. The number of anilines is 1. The summed E-state index contributed by atoms with van der Waals surface area (Å²) in [5.74, 6) is -0.268. The van der Waals surface area contributed by atoms with Crippen molar-refractivity contribution >= 4 is 21.6 Å². The smallest absolute Gasteiger partial charge is 0.238 e. The average molecular weight is 315 g/mol. The Morgan fingerprint density at radius 3 is 2.67 bits per heavy atom. The van der Waals surface area contributed by atoms with Crippen LogP contribution in [-0.4, -0.2) is 41.1 Å². The van der Waals surface area contributed by atoms with Crippen molar-refractivity contribution in [2.24, 2.45) is 5.14 Å². The van der Waals surface area contributed by atoms with Crippen LogP contribution in [-0.2, 0) is 26.0 Å². The van der Waals surface area contributed by atoms with Crippen molar-refractivity contribution < 1.29 is 17.9 Å². The van der Waals surface area contributed by atoms with E-state index in [2.05, 4.69) is 10.6 Å². The normalized spacial score (nSPS) is 11.4. The summed E-state index contributed by atoms with van der Waals surface area (Å²) in [7, 11) is -2.24. The molecule has 0 unspecified atom stereocenters. The Labute approximate surface area is 124 Å². The second kappa shape index (κ2) is 8.08. The van der Waals surface area contributed by atoms with Gasteiger partial charge in [-0.25, -0.2) is 13.6 Å². The summed E-state index contributed by atoms with van der Waals surface area (Å²) < 4.78 is 27.9. The number of amides is 1. The van der Waals surface area contributed by atoms with E-state index in [4.69, 9.17) is 9.88 Å². The van der Waals surface area contributed by atoms with Crippen LogP contribution in [0.15, 0.2) is 23.1 Å². The zero-order valence-corrected chi connectivity index (χ0v) is 13.0. The topological polar surface area (TPSA) is 111 Å². The number of nitrogens with one attached hydrogen (secondary N) is 2. The van der Waals surface area contributed by atoms with Gasteiger partial charge in [0, 0.05) is 19.3 Å². The fourth-order valence-electron chi connectivity index (χ4n) is 1.77. The molecule has 1 amide bonds. The zero-order valence-electron chi connectivity index (χ0n) is 12.2. The SMILES string of the molecule is CCc1ccc(NC(=O)CNCCOC)cc1S(N)(=O)=O. The number of primary sulfonamides is 1. The van der Waals surface area contributed by atoms with Gasteiger partial charge < -0.3 is 15.4 Å². The molecular formula is C13H21N3O4S. The third-order valence-corrected chi connectivity index (χ3v) is 3.80. The number of hydrogen-bond acceptors (Lipinski definition) is 5. The van der Waals surface area contributed by atoms with E-state index in [1.807, 2.05) is 6.92 Å². The lowest BCUT2D eigenvalue weighted by Crippen LogP contribution is -2.30. The molecule has 0 aliphatic heterocycles. The summed E-state index contributed by atoms with van der Waals surface area (Å²) in [6.07, 6.45) is 0.540. The third-order valence-electron chi connectivity index (χ3n) is 2.81. The maximum Gasteiger partial charge on any atom is 0.238 e. The van der Waals surface area contributed by atoms with Gasteiger partial charge in [0.2, 0.25) is 15.9 Å². The van der Waals surface area contributed by atoms with Crippen molar-refractivity contribution in [2.75, 3.05) is 32.1 Å². The molecule has 0 radical (unpaired) electrons. The van der Waals surface area contributed by atoms with E-state index in [9.17, 15) is 13.2 Å². The highest BCUT2D eigenvalue weighted by Gasteiger charge is 2.14. The highest BCUT2D eigenvalue weighted by molar-refractivity contribution is 7.89. The van der Waals surface area contributed by atoms with Crippen molar-refractivity contribution in [3.63, 3.8) is 0 Å². The molecule has 8 heteroatoms.